The smallest absolute Gasteiger partial charge is 0.315 e. The van der Waals surface area contributed by atoms with E-state index < -0.39 is 0 Å². The van der Waals surface area contributed by atoms with E-state index in [1.807, 2.05) is 13.0 Å². The fraction of sp³-hybridized carbons (Fsp3) is 0.588. The molecule has 1 rings (SSSR count). The first-order chi connectivity index (χ1) is 10.5. The summed E-state index contributed by atoms with van der Waals surface area (Å²) in [6.07, 6.45) is 0. The molecule has 1 aromatic carbocycles. The Morgan fingerprint density at radius 1 is 1.23 bits per heavy atom. The van der Waals surface area contributed by atoms with Gasteiger partial charge in [0.25, 0.3) is 0 Å². The van der Waals surface area contributed by atoms with E-state index in [1.54, 1.807) is 7.11 Å². The number of amides is 2. The van der Waals surface area contributed by atoms with E-state index in [0.29, 0.717) is 19.2 Å². The fourth-order valence-electron chi connectivity index (χ4n) is 2.21. The second-order valence-electron chi connectivity index (χ2n) is 5.80. The van der Waals surface area contributed by atoms with Crippen LogP contribution >= 0.6 is 0 Å². The average molecular weight is 307 g/mol. The largest absolute Gasteiger partial charge is 0.383 e. The highest BCUT2D eigenvalue weighted by atomic mass is 16.5. The lowest BCUT2D eigenvalue weighted by atomic mass is 10.1. The summed E-state index contributed by atoms with van der Waals surface area (Å²) in [6.45, 7) is 9.11. The molecule has 0 aromatic heterocycles. The summed E-state index contributed by atoms with van der Waals surface area (Å²) >= 11 is 0. The van der Waals surface area contributed by atoms with Gasteiger partial charge in [-0.2, -0.15) is 0 Å². The highest BCUT2D eigenvalue weighted by Crippen LogP contribution is 2.08. The third-order valence-corrected chi connectivity index (χ3v) is 3.44. The van der Waals surface area contributed by atoms with Crippen LogP contribution < -0.4 is 10.6 Å². The molecule has 0 heterocycles. The Hall–Kier alpha value is -1.59. The zero-order valence-corrected chi connectivity index (χ0v) is 14.1. The van der Waals surface area contributed by atoms with E-state index >= 15 is 0 Å². The van der Waals surface area contributed by atoms with Gasteiger partial charge < -0.3 is 15.4 Å². The molecular weight excluding hydrogens is 278 g/mol. The van der Waals surface area contributed by atoms with Crippen LogP contribution in [-0.4, -0.2) is 49.8 Å². The number of ether oxygens (including phenoxy) is 1. The number of carbonyl (C=O) groups excluding carboxylic acids is 1. The van der Waals surface area contributed by atoms with Crippen molar-refractivity contribution in [2.75, 3.05) is 26.8 Å². The molecule has 2 N–H and O–H groups in total. The molecule has 22 heavy (non-hydrogen) atoms. The van der Waals surface area contributed by atoms with Gasteiger partial charge in [-0.15, -0.1) is 0 Å². The van der Waals surface area contributed by atoms with Crippen LogP contribution in [0, 0.1) is 0 Å². The van der Waals surface area contributed by atoms with E-state index in [1.165, 1.54) is 5.56 Å². The molecule has 2 amide bonds. The van der Waals surface area contributed by atoms with Crippen molar-refractivity contribution >= 4 is 6.03 Å². The second-order valence-corrected chi connectivity index (χ2v) is 5.80. The van der Waals surface area contributed by atoms with E-state index in [4.69, 9.17) is 4.74 Å². The Morgan fingerprint density at radius 2 is 1.91 bits per heavy atom. The summed E-state index contributed by atoms with van der Waals surface area (Å²) in [7, 11) is 1.62. The molecule has 1 unspecified atom stereocenters. The van der Waals surface area contributed by atoms with E-state index in [-0.39, 0.29) is 12.1 Å². The van der Waals surface area contributed by atoms with Gasteiger partial charge in [0.05, 0.1) is 6.61 Å². The van der Waals surface area contributed by atoms with Crippen LogP contribution in [0.25, 0.3) is 0 Å². The minimum absolute atomic E-state index is 0.0775. The van der Waals surface area contributed by atoms with Gasteiger partial charge in [0.15, 0.2) is 0 Å². The molecule has 0 aliphatic heterocycles. The van der Waals surface area contributed by atoms with Gasteiger partial charge in [-0.3, -0.25) is 4.90 Å². The van der Waals surface area contributed by atoms with Crippen molar-refractivity contribution in [2.24, 2.45) is 0 Å². The molecule has 1 atom stereocenters. The van der Waals surface area contributed by atoms with Crippen LogP contribution in [-0.2, 0) is 11.3 Å². The molecule has 124 valence electrons. The number of nitrogens with one attached hydrogen (secondary N) is 2. The molecule has 0 saturated heterocycles. The fourth-order valence-corrected chi connectivity index (χ4v) is 2.21. The maximum atomic E-state index is 11.7. The highest BCUT2D eigenvalue weighted by molar-refractivity contribution is 5.74. The van der Waals surface area contributed by atoms with Gasteiger partial charge in [0, 0.05) is 38.8 Å². The molecule has 0 fully saturated rings. The molecule has 0 radical (unpaired) electrons. The van der Waals surface area contributed by atoms with Gasteiger partial charge in [0.2, 0.25) is 0 Å². The van der Waals surface area contributed by atoms with Crippen LogP contribution in [0.4, 0.5) is 4.79 Å². The second kappa shape index (κ2) is 10.2. The predicted octanol–water partition coefficient (Wildman–Crippen LogP) is 2.23. The SMILES string of the molecule is COCCNC(=O)NC(C)CN(Cc1ccccc1)C(C)C. The Kier molecular flexibility index (Phi) is 8.55. The lowest BCUT2D eigenvalue weighted by molar-refractivity contribution is 0.184. The van der Waals surface area contributed by atoms with E-state index in [0.717, 1.165) is 13.1 Å². The summed E-state index contributed by atoms with van der Waals surface area (Å²) in [4.78, 5) is 14.1. The number of hydrogen-bond acceptors (Lipinski definition) is 3. The highest BCUT2D eigenvalue weighted by Gasteiger charge is 2.15. The lowest BCUT2D eigenvalue weighted by Gasteiger charge is -2.29. The third-order valence-electron chi connectivity index (χ3n) is 3.44. The van der Waals surface area contributed by atoms with Crippen LogP contribution in [0.2, 0.25) is 0 Å². The van der Waals surface area contributed by atoms with Crippen molar-refractivity contribution in [3.63, 3.8) is 0 Å². The van der Waals surface area contributed by atoms with Gasteiger partial charge >= 0.3 is 6.03 Å². The Bertz CT molecular complexity index is 423. The maximum absolute atomic E-state index is 11.7. The maximum Gasteiger partial charge on any atom is 0.315 e. The number of nitrogens with zero attached hydrogens (tertiary/aromatic N) is 1. The first kappa shape index (κ1) is 18.5. The molecule has 0 bridgehead atoms. The number of methoxy groups -OCH3 is 1. The van der Waals surface area contributed by atoms with Crippen molar-refractivity contribution in [3.05, 3.63) is 35.9 Å². The van der Waals surface area contributed by atoms with Crippen molar-refractivity contribution in [3.8, 4) is 0 Å². The quantitative estimate of drug-likeness (QED) is 0.688. The molecule has 0 aliphatic carbocycles. The molecule has 5 heteroatoms. The monoisotopic (exact) mass is 307 g/mol. The minimum atomic E-state index is -0.145. The summed E-state index contributed by atoms with van der Waals surface area (Å²) in [5.74, 6) is 0. The van der Waals surface area contributed by atoms with Crippen molar-refractivity contribution in [1.82, 2.24) is 15.5 Å². The number of hydrogen-bond donors (Lipinski definition) is 2. The van der Waals surface area contributed by atoms with E-state index in [9.17, 15) is 4.79 Å². The van der Waals surface area contributed by atoms with Crippen LogP contribution in [0.1, 0.15) is 26.3 Å². The number of benzene rings is 1. The number of rotatable bonds is 9. The molecule has 0 spiro atoms. The normalized spacial score (nSPS) is 12.5. The van der Waals surface area contributed by atoms with E-state index in [2.05, 4.69) is 53.6 Å². The zero-order chi connectivity index (χ0) is 16.4. The average Bonchev–Trinajstić information content (AvgIpc) is 2.47. The summed E-state index contributed by atoms with van der Waals surface area (Å²) < 4.78 is 4.91. The van der Waals surface area contributed by atoms with Crippen molar-refractivity contribution < 1.29 is 9.53 Å². The molecule has 5 nitrogen and oxygen atoms in total. The van der Waals surface area contributed by atoms with Gasteiger partial charge in [-0.1, -0.05) is 30.3 Å². The standard InChI is InChI=1S/C17H29N3O2/c1-14(2)20(13-16-8-6-5-7-9-16)12-15(3)19-17(21)18-10-11-22-4/h5-9,14-15H,10-13H2,1-4H3,(H2,18,19,21). The molecular formula is C17H29N3O2. The summed E-state index contributed by atoms with van der Waals surface area (Å²) in [5.41, 5.74) is 1.29. The topological polar surface area (TPSA) is 53.6 Å². The lowest BCUT2D eigenvalue weighted by Crippen LogP contribution is -2.47. The van der Waals surface area contributed by atoms with Crippen molar-refractivity contribution in [2.45, 2.75) is 39.4 Å². The third kappa shape index (κ3) is 7.43. The van der Waals surface area contributed by atoms with Gasteiger partial charge in [-0.05, 0) is 26.3 Å². The van der Waals surface area contributed by atoms with Crippen LogP contribution in [0.15, 0.2) is 30.3 Å². The Morgan fingerprint density at radius 3 is 2.50 bits per heavy atom. The molecule has 0 aliphatic rings. The summed E-state index contributed by atoms with van der Waals surface area (Å²) in [5, 5.41) is 5.74. The van der Waals surface area contributed by atoms with Crippen LogP contribution in [0.3, 0.4) is 0 Å². The molecule has 1 aromatic rings. The Labute approximate surface area is 134 Å². The molecule has 0 saturated carbocycles. The predicted molar refractivity (Wildman–Crippen MR) is 89.9 cm³/mol. The van der Waals surface area contributed by atoms with Gasteiger partial charge in [0.1, 0.15) is 0 Å². The first-order valence-corrected chi connectivity index (χ1v) is 7.84. The Balaban J connectivity index is 2.43. The number of carbonyl (C=O) groups is 1. The van der Waals surface area contributed by atoms with Gasteiger partial charge in [-0.25, -0.2) is 4.79 Å². The minimum Gasteiger partial charge on any atom is -0.383 e. The van der Waals surface area contributed by atoms with Crippen LogP contribution in [0.5, 0.6) is 0 Å². The van der Waals surface area contributed by atoms with Crippen molar-refractivity contribution in [1.29, 1.82) is 0 Å². The summed E-state index contributed by atoms with van der Waals surface area (Å²) in [6, 6.07) is 10.7. The zero-order valence-electron chi connectivity index (χ0n) is 14.1. The first-order valence-electron chi connectivity index (χ1n) is 7.84. The number of urea groups is 1.